The number of amides is 1. The number of aryl methyl sites for hydroxylation is 1. The molecule has 1 N–H and O–H groups in total. The number of non-ortho nitro benzene ring substituents is 1. The molecule has 3 aromatic rings. The number of nitro benzene ring substituents is 1. The number of carbonyl (C=O) groups excluding carboxylic acids is 1. The van der Waals surface area contributed by atoms with Crippen molar-refractivity contribution in [3.63, 3.8) is 0 Å². The fraction of sp³-hybridized carbons (Fsp3) is 0.118. The predicted octanol–water partition coefficient (Wildman–Crippen LogP) is 3.17. The summed E-state index contributed by atoms with van der Waals surface area (Å²) in [6.45, 7) is 1.73. The molecule has 0 bridgehead atoms. The molecule has 1 aromatic heterocycles. The lowest BCUT2D eigenvalue weighted by molar-refractivity contribution is -0.384. The van der Waals surface area contributed by atoms with Crippen LogP contribution in [-0.4, -0.2) is 25.7 Å². The second-order valence-corrected chi connectivity index (χ2v) is 6.33. The lowest BCUT2D eigenvalue weighted by Gasteiger charge is -2.10. The first-order valence-electron chi connectivity index (χ1n) is 7.69. The van der Waals surface area contributed by atoms with Gasteiger partial charge in [0.05, 0.1) is 4.92 Å². The van der Waals surface area contributed by atoms with Crippen LogP contribution in [0.3, 0.4) is 0 Å². The van der Waals surface area contributed by atoms with Gasteiger partial charge >= 0.3 is 0 Å². The molecule has 1 heterocycles. The van der Waals surface area contributed by atoms with Crippen molar-refractivity contribution in [1.82, 2.24) is 14.9 Å². The van der Waals surface area contributed by atoms with E-state index in [-0.39, 0.29) is 5.69 Å². The average molecular weight is 369 g/mol. The summed E-state index contributed by atoms with van der Waals surface area (Å²) >= 11 is 1.45. The first-order valence-corrected chi connectivity index (χ1v) is 8.67. The summed E-state index contributed by atoms with van der Waals surface area (Å²) in [5.74, 6) is 0.826. The Hall–Kier alpha value is -3.20. The van der Waals surface area contributed by atoms with Crippen LogP contribution in [0, 0.1) is 17.0 Å². The van der Waals surface area contributed by atoms with E-state index in [1.807, 2.05) is 30.3 Å². The minimum absolute atomic E-state index is 0.0684. The molecule has 0 saturated carbocycles. The lowest BCUT2D eigenvalue weighted by Crippen LogP contribution is -2.24. The van der Waals surface area contributed by atoms with Crippen molar-refractivity contribution in [2.75, 3.05) is 5.43 Å². The lowest BCUT2D eigenvalue weighted by atomic mass is 10.2. The van der Waals surface area contributed by atoms with Crippen molar-refractivity contribution in [2.45, 2.75) is 17.8 Å². The number of nitrogens with zero attached hydrogens (tertiary/aromatic N) is 4. The Labute approximate surface area is 153 Å². The number of aromatic nitrogens is 3. The summed E-state index contributed by atoms with van der Waals surface area (Å²) in [5.41, 5.74) is 4.09. The van der Waals surface area contributed by atoms with Gasteiger partial charge in [0, 0.05) is 23.4 Å². The highest BCUT2D eigenvalue weighted by Gasteiger charge is 2.15. The SMILES string of the molecule is Cc1nnc(SCc2ccccc2)n1NC(=O)c1ccc([N+](=O)[O-])cc1. The summed E-state index contributed by atoms with van der Waals surface area (Å²) < 4.78 is 1.51. The summed E-state index contributed by atoms with van der Waals surface area (Å²) in [4.78, 5) is 22.6. The third-order valence-electron chi connectivity index (χ3n) is 3.56. The molecule has 0 unspecified atom stereocenters. The Kier molecular flexibility index (Phi) is 5.28. The van der Waals surface area contributed by atoms with Crippen LogP contribution in [0.5, 0.6) is 0 Å². The van der Waals surface area contributed by atoms with Gasteiger partial charge in [-0.1, -0.05) is 42.1 Å². The topological polar surface area (TPSA) is 103 Å². The minimum atomic E-state index is -0.510. The maximum absolute atomic E-state index is 12.4. The second kappa shape index (κ2) is 7.79. The van der Waals surface area contributed by atoms with E-state index >= 15 is 0 Å². The zero-order chi connectivity index (χ0) is 18.5. The number of benzene rings is 2. The highest BCUT2D eigenvalue weighted by molar-refractivity contribution is 7.98. The molecular weight excluding hydrogens is 354 g/mol. The van der Waals surface area contributed by atoms with E-state index in [0.29, 0.717) is 22.3 Å². The van der Waals surface area contributed by atoms with E-state index in [1.54, 1.807) is 6.92 Å². The largest absolute Gasteiger partial charge is 0.270 e. The van der Waals surface area contributed by atoms with Crippen LogP contribution in [0.25, 0.3) is 0 Å². The van der Waals surface area contributed by atoms with Gasteiger partial charge in [0.15, 0.2) is 0 Å². The standard InChI is InChI=1S/C17H15N5O3S/c1-12-18-19-17(26-11-13-5-3-2-4-6-13)21(12)20-16(23)14-7-9-15(10-8-14)22(24)25/h2-10H,11H2,1H3,(H,20,23). The number of hydrogen-bond donors (Lipinski definition) is 1. The van der Waals surface area contributed by atoms with Gasteiger partial charge < -0.3 is 0 Å². The molecule has 0 spiro atoms. The molecule has 132 valence electrons. The smallest absolute Gasteiger partial charge is 0.267 e. The summed E-state index contributed by atoms with van der Waals surface area (Å²) in [6, 6.07) is 15.3. The fourth-order valence-electron chi connectivity index (χ4n) is 2.19. The molecular formula is C17H15N5O3S. The Bertz CT molecular complexity index is 925. The molecule has 0 atom stereocenters. The predicted molar refractivity (Wildman–Crippen MR) is 97.5 cm³/mol. The number of rotatable bonds is 6. The number of hydrogen-bond acceptors (Lipinski definition) is 6. The number of nitro groups is 1. The summed E-state index contributed by atoms with van der Waals surface area (Å²) in [5, 5.41) is 19.3. The van der Waals surface area contributed by atoms with Crippen molar-refractivity contribution in [3.8, 4) is 0 Å². The molecule has 0 saturated heterocycles. The van der Waals surface area contributed by atoms with Crippen molar-refractivity contribution in [2.24, 2.45) is 0 Å². The monoisotopic (exact) mass is 369 g/mol. The van der Waals surface area contributed by atoms with Crippen LogP contribution in [0.15, 0.2) is 59.8 Å². The zero-order valence-corrected chi connectivity index (χ0v) is 14.6. The van der Waals surface area contributed by atoms with Gasteiger partial charge in [0.25, 0.3) is 11.6 Å². The molecule has 0 aliphatic heterocycles. The number of thioether (sulfide) groups is 1. The fourth-order valence-corrected chi connectivity index (χ4v) is 3.08. The third-order valence-corrected chi connectivity index (χ3v) is 4.56. The van der Waals surface area contributed by atoms with Gasteiger partial charge in [-0.05, 0) is 24.6 Å². The zero-order valence-electron chi connectivity index (χ0n) is 13.8. The van der Waals surface area contributed by atoms with Crippen LogP contribution in [0.1, 0.15) is 21.7 Å². The Morgan fingerprint density at radius 3 is 2.50 bits per heavy atom. The number of carbonyl (C=O) groups is 1. The first kappa shape index (κ1) is 17.6. The van der Waals surface area contributed by atoms with Crippen LogP contribution < -0.4 is 5.43 Å². The van der Waals surface area contributed by atoms with Crippen LogP contribution in [-0.2, 0) is 5.75 Å². The molecule has 0 aliphatic carbocycles. The quantitative estimate of drug-likeness (QED) is 0.407. The van der Waals surface area contributed by atoms with Crippen molar-refractivity contribution in [1.29, 1.82) is 0 Å². The molecule has 0 radical (unpaired) electrons. The van der Waals surface area contributed by atoms with E-state index in [4.69, 9.17) is 0 Å². The van der Waals surface area contributed by atoms with E-state index in [2.05, 4.69) is 15.6 Å². The van der Waals surface area contributed by atoms with Gasteiger partial charge in [-0.25, -0.2) is 4.68 Å². The summed E-state index contributed by atoms with van der Waals surface area (Å²) in [6.07, 6.45) is 0. The molecule has 8 nitrogen and oxygen atoms in total. The van der Waals surface area contributed by atoms with Gasteiger partial charge in [-0.3, -0.25) is 20.3 Å². The Morgan fingerprint density at radius 2 is 1.85 bits per heavy atom. The van der Waals surface area contributed by atoms with Gasteiger partial charge in [0.1, 0.15) is 5.82 Å². The molecule has 1 amide bonds. The maximum Gasteiger partial charge on any atom is 0.270 e. The van der Waals surface area contributed by atoms with E-state index < -0.39 is 10.8 Å². The average Bonchev–Trinajstić information content (AvgIpc) is 3.00. The van der Waals surface area contributed by atoms with Crippen molar-refractivity contribution < 1.29 is 9.72 Å². The summed E-state index contributed by atoms with van der Waals surface area (Å²) in [7, 11) is 0. The maximum atomic E-state index is 12.4. The van der Waals surface area contributed by atoms with E-state index in [1.165, 1.54) is 40.7 Å². The Morgan fingerprint density at radius 1 is 1.15 bits per heavy atom. The third kappa shape index (κ3) is 4.06. The van der Waals surface area contributed by atoms with E-state index in [0.717, 1.165) is 5.56 Å². The second-order valence-electron chi connectivity index (χ2n) is 5.38. The van der Waals surface area contributed by atoms with E-state index in [9.17, 15) is 14.9 Å². The molecule has 9 heteroatoms. The molecule has 0 aliphatic rings. The molecule has 0 fully saturated rings. The Balaban J connectivity index is 1.72. The normalized spacial score (nSPS) is 10.5. The van der Waals surface area contributed by atoms with Gasteiger partial charge in [-0.2, -0.15) is 0 Å². The molecule has 3 rings (SSSR count). The van der Waals surface area contributed by atoms with Gasteiger partial charge in [-0.15, -0.1) is 10.2 Å². The highest BCUT2D eigenvalue weighted by atomic mass is 32.2. The van der Waals surface area contributed by atoms with Crippen LogP contribution in [0.4, 0.5) is 5.69 Å². The van der Waals surface area contributed by atoms with Crippen LogP contribution in [0.2, 0.25) is 0 Å². The number of nitrogens with one attached hydrogen (secondary N) is 1. The highest BCUT2D eigenvalue weighted by Crippen LogP contribution is 2.21. The minimum Gasteiger partial charge on any atom is -0.267 e. The first-order chi connectivity index (χ1) is 12.5. The van der Waals surface area contributed by atoms with Crippen molar-refractivity contribution >= 4 is 23.4 Å². The van der Waals surface area contributed by atoms with Crippen molar-refractivity contribution in [3.05, 3.63) is 81.7 Å². The van der Waals surface area contributed by atoms with Gasteiger partial charge in [0.2, 0.25) is 5.16 Å². The molecule has 26 heavy (non-hydrogen) atoms. The molecule has 2 aromatic carbocycles. The van der Waals surface area contributed by atoms with Crippen LogP contribution >= 0.6 is 11.8 Å².